The number of hydrogen-bond donors (Lipinski definition) is 2. The molecule has 0 amide bonds. The van der Waals surface area contributed by atoms with Gasteiger partial charge in [-0.05, 0) is 24.1 Å². The number of phenols is 1. The minimum absolute atomic E-state index is 0.115. The van der Waals surface area contributed by atoms with Crippen molar-refractivity contribution in [1.29, 1.82) is 0 Å². The minimum Gasteiger partial charge on any atom is -0.504 e. The molecule has 1 rings (SSSR count). The minimum atomic E-state index is -0.121. The normalized spacial score (nSPS) is 12.1. The van der Waals surface area contributed by atoms with Crippen LogP contribution in [0.3, 0.4) is 0 Å². The molecule has 3 nitrogen and oxygen atoms in total. The second-order valence-electron chi connectivity index (χ2n) is 3.06. The quantitative estimate of drug-likeness (QED) is 0.719. The van der Waals surface area contributed by atoms with Gasteiger partial charge in [0.05, 0.1) is 7.11 Å². The molecule has 0 spiro atoms. The van der Waals surface area contributed by atoms with Gasteiger partial charge in [-0.25, -0.2) is 0 Å². The number of hydrogen-bond acceptors (Lipinski definition) is 3. The van der Waals surface area contributed by atoms with Crippen molar-refractivity contribution in [3.05, 3.63) is 36.4 Å². The van der Waals surface area contributed by atoms with E-state index < -0.39 is 0 Å². The lowest BCUT2D eigenvalue weighted by Gasteiger charge is -2.11. The highest BCUT2D eigenvalue weighted by Crippen LogP contribution is 2.28. The monoisotopic (exact) mass is 193 g/mol. The molecule has 1 unspecified atom stereocenters. The van der Waals surface area contributed by atoms with Gasteiger partial charge in [-0.3, -0.25) is 0 Å². The molecule has 0 aromatic heterocycles. The lowest BCUT2D eigenvalue weighted by atomic mass is 10.0. The Kier molecular flexibility index (Phi) is 3.54. The summed E-state index contributed by atoms with van der Waals surface area (Å²) in [7, 11) is 1.51. The van der Waals surface area contributed by atoms with Crippen molar-refractivity contribution in [2.75, 3.05) is 7.11 Å². The second-order valence-corrected chi connectivity index (χ2v) is 3.06. The number of methoxy groups -OCH3 is 1. The van der Waals surface area contributed by atoms with Gasteiger partial charge in [0, 0.05) is 6.04 Å². The van der Waals surface area contributed by atoms with Crippen LogP contribution in [0, 0.1) is 0 Å². The van der Waals surface area contributed by atoms with Crippen molar-refractivity contribution in [1.82, 2.24) is 0 Å². The van der Waals surface area contributed by atoms with Crippen molar-refractivity contribution < 1.29 is 9.84 Å². The average molecular weight is 193 g/mol. The molecule has 0 aliphatic carbocycles. The number of aromatic hydroxyl groups is 1. The zero-order chi connectivity index (χ0) is 10.6. The van der Waals surface area contributed by atoms with E-state index in [0.29, 0.717) is 12.2 Å². The van der Waals surface area contributed by atoms with Crippen molar-refractivity contribution in [3.8, 4) is 11.5 Å². The first-order chi connectivity index (χ1) is 6.69. The van der Waals surface area contributed by atoms with Gasteiger partial charge in [0.15, 0.2) is 11.5 Å². The number of phenolic OH excluding ortho intramolecular Hbond substituents is 1. The number of benzene rings is 1. The van der Waals surface area contributed by atoms with Crippen LogP contribution in [0.25, 0.3) is 0 Å². The SMILES string of the molecule is C=CCC(N)c1ccc(OC)c(O)c1. The first kappa shape index (κ1) is 10.6. The summed E-state index contributed by atoms with van der Waals surface area (Å²) in [5.74, 6) is 0.573. The maximum atomic E-state index is 9.50. The summed E-state index contributed by atoms with van der Waals surface area (Å²) in [4.78, 5) is 0. The van der Waals surface area contributed by atoms with Crippen LogP contribution in [-0.4, -0.2) is 12.2 Å². The van der Waals surface area contributed by atoms with E-state index in [0.717, 1.165) is 5.56 Å². The summed E-state index contributed by atoms with van der Waals surface area (Å²) in [5.41, 5.74) is 6.72. The molecule has 0 fully saturated rings. The number of ether oxygens (including phenoxy) is 1. The van der Waals surface area contributed by atoms with E-state index >= 15 is 0 Å². The largest absolute Gasteiger partial charge is 0.504 e. The van der Waals surface area contributed by atoms with Crippen LogP contribution in [-0.2, 0) is 0 Å². The van der Waals surface area contributed by atoms with E-state index in [1.807, 2.05) is 6.07 Å². The van der Waals surface area contributed by atoms with Gasteiger partial charge in [-0.2, -0.15) is 0 Å². The van der Waals surface area contributed by atoms with Crippen LogP contribution in [0.1, 0.15) is 18.0 Å². The maximum Gasteiger partial charge on any atom is 0.160 e. The number of nitrogens with two attached hydrogens (primary N) is 1. The highest BCUT2D eigenvalue weighted by atomic mass is 16.5. The average Bonchev–Trinajstić information content (AvgIpc) is 2.18. The maximum absolute atomic E-state index is 9.50. The summed E-state index contributed by atoms with van der Waals surface area (Å²) in [6.45, 7) is 3.62. The van der Waals surface area contributed by atoms with Crippen molar-refractivity contribution in [2.45, 2.75) is 12.5 Å². The van der Waals surface area contributed by atoms with Crippen LogP contribution in [0.5, 0.6) is 11.5 Å². The Hall–Kier alpha value is -1.48. The number of rotatable bonds is 4. The van der Waals surface area contributed by atoms with Gasteiger partial charge < -0.3 is 15.6 Å². The van der Waals surface area contributed by atoms with E-state index in [9.17, 15) is 5.11 Å². The third-order valence-corrected chi connectivity index (χ3v) is 2.05. The van der Waals surface area contributed by atoms with E-state index in [1.54, 1.807) is 18.2 Å². The summed E-state index contributed by atoms with van der Waals surface area (Å²) in [6, 6.07) is 5.04. The topological polar surface area (TPSA) is 55.5 Å². The van der Waals surface area contributed by atoms with Gasteiger partial charge in [0.1, 0.15) is 0 Å². The lowest BCUT2D eigenvalue weighted by molar-refractivity contribution is 0.372. The molecule has 0 radical (unpaired) electrons. The predicted molar refractivity (Wildman–Crippen MR) is 56.4 cm³/mol. The van der Waals surface area contributed by atoms with Crippen LogP contribution >= 0.6 is 0 Å². The molecule has 0 aliphatic rings. The van der Waals surface area contributed by atoms with Gasteiger partial charge in [-0.1, -0.05) is 12.1 Å². The summed E-state index contributed by atoms with van der Waals surface area (Å²) in [6.07, 6.45) is 2.44. The molecule has 0 heterocycles. The highest BCUT2D eigenvalue weighted by molar-refractivity contribution is 5.42. The van der Waals surface area contributed by atoms with E-state index in [2.05, 4.69) is 6.58 Å². The van der Waals surface area contributed by atoms with Gasteiger partial charge in [-0.15, -0.1) is 6.58 Å². The Morgan fingerprint density at radius 1 is 1.64 bits per heavy atom. The van der Waals surface area contributed by atoms with E-state index in [-0.39, 0.29) is 11.8 Å². The van der Waals surface area contributed by atoms with Crippen molar-refractivity contribution in [3.63, 3.8) is 0 Å². The first-order valence-electron chi connectivity index (χ1n) is 4.42. The van der Waals surface area contributed by atoms with Crippen molar-refractivity contribution >= 4 is 0 Å². The van der Waals surface area contributed by atoms with Crippen LogP contribution in [0.4, 0.5) is 0 Å². The predicted octanol–water partition coefficient (Wildman–Crippen LogP) is 1.98. The molecule has 76 valence electrons. The third kappa shape index (κ3) is 2.26. The van der Waals surface area contributed by atoms with Crippen LogP contribution in [0.2, 0.25) is 0 Å². The van der Waals surface area contributed by atoms with Gasteiger partial charge in [0.25, 0.3) is 0 Å². The molecule has 0 bridgehead atoms. The summed E-state index contributed by atoms with van der Waals surface area (Å²) in [5, 5.41) is 9.50. The standard InChI is InChI=1S/C11H15NO2/c1-3-4-9(12)8-5-6-11(14-2)10(13)7-8/h3,5-7,9,13H,1,4,12H2,2H3. The lowest BCUT2D eigenvalue weighted by Crippen LogP contribution is -2.08. The third-order valence-electron chi connectivity index (χ3n) is 2.05. The molecule has 0 aliphatic heterocycles. The Morgan fingerprint density at radius 2 is 2.36 bits per heavy atom. The molecule has 0 saturated heterocycles. The van der Waals surface area contributed by atoms with Gasteiger partial charge in [0.2, 0.25) is 0 Å². The smallest absolute Gasteiger partial charge is 0.160 e. The molecule has 0 saturated carbocycles. The molecular formula is C11H15NO2. The molecule has 14 heavy (non-hydrogen) atoms. The Bertz CT molecular complexity index is 323. The fourth-order valence-corrected chi connectivity index (χ4v) is 1.25. The molecule has 1 aromatic carbocycles. The highest BCUT2D eigenvalue weighted by Gasteiger charge is 2.07. The Balaban J connectivity index is 2.90. The summed E-state index contributed by atoms with van der Waals surface area (Å²) >= 11 is 0. The zero-order valence-electron chi connectivity index (χ0n) is 8.23. The van der Waals surface area contributed by atoms with E-state index in [4.69, 9.17) is 10.5 Å². The molecular weight excluding hydrogens is 178 g/mol. The fraction of sp³-hybridized carbons (Fsp3) is 0.273. The van der Waals surface area contributed by atoms with E-state index in [1.165, 1.54) is 7.11 Å². The molecule has 1 aromatic rings. The van der Waals surface area contributed by atoms with Crippen LogP contribution < -0.4 is 10.5 Å². The second kappa shape index (κ2) is 4.67. The Morgan fingerprint density at radius 3 is 2.86 bits per heavy atom. The molecule has 3 heteroatoms. The van der Waals surface area contributed by atoms with Gasteiger partial charge >= 0.3 is 0 Å². The van der Waals surface area contributed by atoms with Crippen molar-refractivity contribution in [2.24, 2.45) is 5.73 Å². The zero-order valence-corrected chi connectivity index (χ0v) is 8.23. The first-order valence-corrected chi connectivity index (χ1v) is 4.42. The molecule has 3 N–H and O–H groups in total. The van der Waals surface area contributed by atoms with Crippen LogP contribution in [0.15, 0.2) is 30.9 Å². The summed E-state index contributed by atoms with van der Waals surface area (Å²) < 4.78 is 4.93. The Labute approximate surface area is 83.8 Å². The fourth-order valence-electron chi connectivity index (χ4n) is 1.25. The molecule has 1 atom stereocenters.